The lowest BCUT2D eigenvalue weighted by Crippen LogP contribution is -2.29. The number of carbonyl (C=O) groups excluding carboxylic acids is 1. The van der Waals surface area contributed by atoms with Crippen LogP contribution in [0.1, 0.15) is 16.8 Å². The first-order valence-corrected chi connectivity index (χ1v) is 7.80. The van der Waals surface area contributed by atoms with Gasteiger partial charge in [-0.05, 0) is 30.3 Å². The zero-order valence-electron chi connectivity index (χ0n) is 14.3. The number of carboxylic acid groups (broad SMARTS) is 1. The molecule has 0 aliphatic heterocycles. The Morgan fingerprint density at radius 3 is 2.69 bits per heavy atom. The summed E-state index contributed by atoms with van der Waals surface area (Å²) in [5.41, 5.74) is 6.20. The maximum absolute atomic E-state index is 11.9. The molecule has 0 saturated carbocycles. The molecule has 0 aliphatic rings. The van der Waals surface area contributed by atoms with Crippen molar-refractivity contribution in [2.75, 3.05) is 12.3 Å². The standard InChI is InChI=1S/C18H20N4O4/c1-3-4-15-14(21-18(19)22(15)2)11-26-13-7-5-12(6-8-13)17(25)20-10-9-16(23)24/h3-8,11H,1,9-10H2,2H3,(H2,19,21)(H,20,25)(H,23,24)/b14-11-,15-4+. The van der Waals surface area contributed by atoms with Crippen LogP contribution in [0.2, 0.25) is 0 Å². The molecule has 0 saturated heterocycles. The van der Waals surface area contributed by atoms with Crippen molar-refractivity contribution in [2.45, 2.75) is 6.42 Å². The molecule has 8 nitrogen and oxygen atoms in total. The Kier molecular flexibility index (Phi) is 6.15. The number of amides is 1. The van der Waals surface area contributed by atoms with E-state index in [1.54, 1.807) is 48.0 Å². The number of anilines is 1. The van der Waals surface area contributed by atoms with Crippen LogP contribution in [0.3, 0.4) is 0 Å². The van der Waals surface area contributed by atoms with Crippen molar-refractivity contribution in [3.63, 3.8) is 0 Å². The number of benzene rings is 1. The Labute approximate surface area is 149 Å². The summed E-state index contributed by atoms with van der Waals surface area (Å²) in [6.45, 7) is 3.73. The minimum atomic E-state index is -0.965. The van der Waals surface area contributed by atoms with Gasteiger partial charge in [-0.3, -0.25) is 9.59 Å². The van der Waals surface area contributed by atoms with Gasteiger partial charge in [0.15, 0.2) is 0 Å². The first-order valence-electron chi connectivity index (χ1n) is 7.80. The third-order valence-corrected chi connectivity index (χ3v) is 3.53. The van der Waals surface area contributed by atoms with Gasteiger partial charge in [0.1, 0.15) is 17.4 Å². The lowest BCUT2D eigenvalue weighted by molar-refractivity contribution is -0.136. The zero-order chi connectivity index (χ0) is 19.1. The van der Waals surface area contributed by atoms with Crippen LogP contribution in [0.4, 0.5) is 5.95 Å². The Hall–Kier alpha value is -3.55. The fraction of sp³-hybridized carbons (Fsp3) is 0.167. The molecule has 0 unspecified atom stereocenters. The number of carbonyl (C=O) groups is 2. The molecule has 0 fully saturated rings. The molecule has 4 N–H and O–H groups in total. The number of aromatic nitrogens is 2. The Bertz CT molecular complexity index is 929. The molecule has 0 spiro atoms. The van der Waals surface area contributed by atoms with Gasteiger partial charge in [-0.2, -0.15) is 0 Å². The van der Waals surface area contributed by atoms with E-state index in [9.17, 15) is 9.59 Å². The summed E-state index contributed by atoms with van der Waals surface area (Å²) < 4.78 is 7.28. The summed E-state index contributed by atoms with van der Waals surface area (Å²) >= 11 is 0. The van der Waals surface area contributed by atoms with Crippen molar-refractivity contribution in [1.29, 1.82) is 0 Å². The number of imidazole rings is 1. The zero-order valence-corrected chi connectivity index (χ0v) is 14.3. The predicted molar refractivity (Wildman–Crippen MR) is 97.7 cm³/mol. The minimum absolute atomic E-state index is 0.0733. The Morgan fingerprint density at radius 1 is 1.38 bits per heavy atom. The fourth-order valence-electron chi connectivity index (χ4n) is 2.14. The molecule has 0 bridgehead atoms. The van der Waals surface area contributed by atoms with Crippen molar-refractivity contribution in [3.05, 3.63) is 53.2 Å². The van der Waals surface area contributed by atoms with Gasteiger partial charge in [0.2, 0.25) is 5.95 Å². The number of nitrogens with zero attached hydrogens (tertiary/aromatic N) is 2. The average molecular weight is 356 g/mol. The topological polar surface area (TPSA) is 119 Å². The molecule has 0 radical (unpaired) electrons. The molecule has 2 aromatic rings. The normalized spacial score (nSPS) is 12.0. The quantitative estimate of drug-likeness (QED) is 0.642. The van der Waals surface area contributed by atoms with Crippen LogP contribution < -0.4 is 26.5 Å². The highest BCUT2D eigenvalue weighted by molar-refractivity contribution is 5.94. The molecule has 0 atom stereocenters. The van der Waals surface area contributed by atoms with Gasteiger partial charge in [0.25, 0.3) is 5.91 Å². The average Bonchev–Trinajstić information content (AvgIpc) is 2.88. The van der Waals surface area contributed by atoms with Crippen molar-refractivity contribution in [3.8, 4) is 5.75 Å². The van der Waals surface area contributed by atoms with Crippen LogP contribution >= 0.6 is 0 Å². The Morgan fingerprint density at radius 2 is 2.08 bits per heavy atom. The van der Waals surface area contributed by atoms with Gasteiger partial charge in [-0.15, -0.1) is 0 Å². The van der Waals surface area contributed by atoms with E-state index in [1.807, 2.05) is 0 Å². The molecule has 1 amide bonds. The number of ether oxygens (including phenoxy) is 1. The molecular weight excluding hydrogens is 336 g/mol. The maximum Gasteiger partial charge on any atom is 0.305 e. The lowest BCUT2D eigenvalue weighted by Gasteiger charge is -2.04. The lowest BCUT2D eigenvalue weighted by atomic mass is 10.2. The summed E-state index contributed by atoms with van der Waals surface area (Å²) in [5.74, 6) is -0.447. The number of nitrogens with two attached hydrogens (primary N) is 1. The van der Waals surface area contributed by atoms with Crippen molar-refractivity contribution in [1.82, 2.24) is 14.9 Å². The van der Waals surface area contributed by atoms with Crippen LogP contribution in [0.5, 0.6) is 5.75 Å². The molecular formula is C18H20N4O4. The molecule has 8 heteroatoms. The summed E-state index contributed by atoms with van der Waals surface area (Å²) in [4.78, 5) is 26.5. The summed E-state index contributed by atoms with van der Waals surface area (Å²) in [6, 6.07) is 6.43. The third kappa shape index (κ3) is 4.73. The van der Waals surface area contributed by atoms with Crippen LogP contribution in [-0.2, 0) is 11.8 Å². The predicted octanol–water partition coefficient (Wildman–Crippen LogP) is -0.00970. The van der Waals surface area contributed by atoms with Gasteiger partial charge >= 0.3 is 5.97 Å². The number of aliphatic carboxylic acids is 1. The van der Waals surface area contributed by atoms with E-state index in [-0.39, 0.29) is 18.9 Å². The summed E-state index contributed by atoms with van der Waals surface area (Å²) in [7, 11) is 1.78. The van der Waals surface area contributed by atoms with Crippen LogP contribution in [0, 0.1) is 0 Å². The molecule has 1 heterocycles. The van der Waals surface area contributed by atoms with E-state index in [0.717, 1.165) is 5.35 Å². The number of hydrogen-bond donors (Lipinski definition) is 3. The number of nitrogens with one attached hydrogen (secondary N) is 1. The van der Waals surface area contributed by atoms with E-state index in [1.165, 1.54) is 6.26 Å². The first-order chi connectivity index (χ1) is 12.4. The molecule has 1 aromatic heterocycles. The second kappa shape index (κ2) is 8.52. The van der Waals surface area contributed by atoms with Crippen molar-refractivity contribution in [2.24, 2.45) is 7.05 Å². The van der Waals surface area contributed by atoms with E-state index >= 15 is 0 Å². The highest BCUT2D eigenvalue weighted by Gasteiger charge is 2.06. The maximum atomic E-state index is 11.9. The molecule has 1 aromatic carbocycles. The molecule has 26 heavy (non-hydrogen) atoms. The van der Waals surface area contributed by atoms with E-state index in [4.69, 9.17) is 15.6 Å². The van der Waals surface area contributed by atoms with E-state index < -0.39 is 5.97 Å². The molecule has 2 rings (SSSR count). The molecule has 136 valence electrons. The Balaban J connectivity index is 2.10. The molecule has 0 aliphatic carbocycles. The third-order valence-electron chi connectivity index (χ3n) is 3.53. The second-order valence-electron chi connectivity index (χ2n) is 5.36. The van der Waals surface area contributed by atoms with Crippen LogP contribution in [0.15, 0.2) is 36.9 Å². The van der Waals surface area contributed by atoms with Crippen LogP contribution in [0.25, 0.3) is 12.3 Å². The van der Waals surface area contributed by atoms with Gasteiger partial charge < -0.3 is 25.5 Å². The number of rotatable bonds is 7. The number of allylic oxidation sites excluding steroid dienone is 1. The van der Waals surface area contributed by atoms with Gasteiger partial charge in [0.05, 0.1) is 11.8 Å². The number of nitrogen functional groups attached to an aromatic ring is 1. The number of carboxylic acids is 1. The van der Waals surface area contributed by atoms with Gasteiger partial charge in [-0.1, -0.05) is 12.7 Å². The highest BCUT2D eigenvalue weighted by atomic mass is 16.5. The highest BCUT2D eigenvalue weighted by Crippen LogP contribution is 2.12. The largest absolute Gasteiger partial charge is 0.481 e. The SMILES string of the molecule is C=C/C=c1\c(=C\Oc2ccc(C(=O)NCCC(=O)O)cc2)nc(N)n1C. The summed E-state index contributed by atoms with van der Waals surface area (Å²) in [6.07, 6.45) is 4.74. The monoisotopic (exact) mass is 356 g/mol. The van der Waals surface area contributed by atoms with Gasteiger partial charge in [-0.25, -0.2) is 4.98 Å². The van der Waals surface area contributed by atoms with Crippen LogP contribution in [-0.4, -0.2) is 33.1 Å². The fourth-order valence-corrected chi connectivity index (χ4v) is 2.14. The second-order valence-corrected chi connectivity index (χ2v) is 5.36. The van der Waals surface area contributed by atoms with Crippen molar-refractivity contribution < 1.29 is 19.4 Å². The number of hydrogen-bond acceptors (Lipinski definition) is 5. The smallest absolute Gasteiger partial charge is 0.305 e. The summed E-state index contributed by atoms with van der Waals surface area (Å²) in [5, 5.41) is 12.4. The van der Waals surface area contributed by atoms with E-state index in [2.05, 4.69) is 16.9 Å². The van der Waals surface area contributed by atoms with E-state index in [0.29, 0.717) is 22.6 Å². The van der Waals surface area contributed by atoms with Gasteiger partial charge in [0, 0.05) is 19.2 Å². The minimum Gasteiger partial charge on any atom is -0.481 e. The van der Waals surface area contributed by atoms with Crippen molar-refractivity contribution >= 4 is 30.2 Å². The first kappa shape index (κ1) is 18.8.